The molecule has 0 heterocycles. The highest BCUT2D eigenvalue weighted by Crippen LogP contribution is 2.37. The van der Waals surface area contributed by atoms with Gasteiger partial charge in [0.1, 0.15) is 0 Å². The van der Waals surface area contributed by atoms with E-state index in [0.717, 1.165) is 12.1 Å². The molecule has 0 atom stereocenters. The molecular formula is C7H7NO5. The molecule has 1 rings (SSSR count). The molecule has 1 aromatic carbocycles. The van der Waals surface area contributed by atoms with Gasteiger partial charge in [0.05, 0.1) is 18.1 Å². The number of hydrogen-bond acceptors (Lipinski definition) is 5. The number of benzene rings is 1. The summed E-state index contributed by atoms with van der Waals surface area (Å²) in [5.74, 6) is -1.10. The van der Waals surface area contributed by atoms with Crippen LogP contribution in [0.5, 0.6) is 17.2 Å². The topological polar surface area (TPSA) is 92.8 Å². The van der Waals surface area contributed by atoms with Crippen molar-refractivity contribution in [3.05, 3.63) is 22.2 Å². The molecule has 0 aliphatic carbocycles. The molecule has 1 aromatic rings. The number of methoxy groups -OCH3 is 1. The second kappa shape index (κ2) is 3.18. The zero-order valence-electron chi connectivity index (χ0n) is 6.72. The normalized spacial score (nSPS) is 9.62. The van der Waals surface area contributed by atoms with E-state index in [0.29, 0.717) is 0 Å². The minimum absolute atomic E-state index is 0.0969. The third kappa shape index (κ3) is 1.61. The maximum Gasteiger partial charge on any atom is 0.314 e. The van der Waals surface area contributed by atoms with Crippen molar-refractivity contribution in [1.82, 2.24) is 0 Å². The number of hydrogen-bond donors (Lipinski definition) is 2. The van der Waals surface area contributed by atoms with E-state index < -0.39 is 22.1 Å². The van der Waals surface area contributed by atoms with Gasteiger partial charge in [0, 0.05) is 6.07 Å². The van der Waals surface area contributed by atoms with Gasteiger partial charge < -0.3 is 14.9 Å². The SMILES string of the molecule is COc1cc(O)c(O)cc1[N+](=O)[O-]. The van der Waals surface area contributed by atoms with E-state index in [1.807, 2.05) is 0 Å². The van der Waals surface area contributed by atoms with E-state index >= 15 is 0 Å². The van der Waals surface area contributed by atoms with E-state index in [4.69, 9.17) is 10.2 Å². The van der Waals surface area contributed by atoms with E-state index in [1.165, 1.54) is 7.11 Å². The van der Waals surface area contributed by atoms with E-state index in [1.54, 1.807) is 0 Å². The van der Waals surface area contributed by atoms with Crippen molar-refractivity contribution in [3.63, 3.8) is 0 Å². The molecule has 70 valence electrons. The number of nitrogens with zero attached hydrogens (tertiary/aromatic N) is 1. The Morgan fingerprint density at radius 2 is 1.92 bits per heavy atom. The van der Waals surface area contributed by atoms with Gasteiger partial charge in [-0.1, -0.05) is 0 Å². The van der Waals surface area contributed by atoms with Crippen LogP contribution in [0.25, 0.3) is 0 Å². The van der Waals surface area contributed by atoms with Crippen molar-refractivity contribution in [2.75, 3.05) is 7.11 Å². The van der Waals surface area contributed by atoms with Crippen molar-refractivity contribution in [3.8, 4) is 17.2 Å². The number of rotatable bonds is 2. The van der Waals surface area contributed by atoms with Gasteiger partial charge in [0.15, 0.2) is 11.5 Å². The lowest BCUT2D eigenvalue weighted by molar-refractivity contribution is -0.385. The number of aromatic hydroxyl groups is 2. The molecule has 0 radical (unpaired) electrons. The summed E-state index contributed by atoms with van der Waals surface area (Å²) in [5.41, 5.74) is -0.391. The number of phenolic OH excluding ortho intramolecular Hbond substituents is 2. The van der Waals surface area contributed by atoms with Crippen LogP contribution in [0.1, 0.15) is 0 Å². The van der Waals surface area contributed by atoms with Crippen LogP contribution in [0.4, 0.5) is 5.69 Å². The Labute approximate surface area is 73.2 Å². The molecule has 0 bridgehead atoms. The molecule has 6 heteroatoms. The number of nitro benzene ring substituents is 1. The molecule has 0 aliphatic rings. The van der Waals surface area contributed by atoms with Crippen molar-refractivity contribution in [1.29, 1.82) is 0 Å². The number of nitro groups is 1. The first kappa shape index (κ1) is 9.11. The Kier molecular flexibility index (Phi) is 2.23. The smallest absolute Gasteiger partial charge is 0.314 e. The lowest BCUT2D eigenvalue weighted by atomic mass is 10.2. The van der Waals surface area contributed by atoms with Crippen molar-refractivity contribution in [2.45, 2.75) is 0 Å². The van der Waals surface area contributed by atoms with Gasteiger partial charge in [-0.3, -0.25) is 10.1 Å². The summed E-state index contributed by atoms with van der Waals surface area (Å²) < 4.78 is 4.63. The fourth-order valence-corrected chi connectivity index (χ4v) is 0.853. The maximum atomic E-state index is 10.4. The quantitative estimate of drug-likeness (QED) is 0.407. The summed E-state index contributed by atoms with van der Waals surface area (Å²) in [6, 6.07) is 1.81. The van der Waals surface area contributed by atoms with Crippen LogP contribution in [-0.4, -0.2) is 22.2 Å². The summed E-state index contributed by atoms with van der Waals surface area (Å²) >= 11 is 0. The average Bonchev–Trinajstić information content (AvgIpc) is 2.08. The molecule has 6 nitrogen and oxygen atoms in total. The highest BCUT2D eigenvalue weighted by Gasteiger charge is 2.18. The third-order valence-electron chi connectivity index (χ3n) is 1.47. The fraction of sp³-hybridized carbons (Fsp3) is 0.143. The lowest BCUT2D eigenvalue weighted by Crippen LogP contribution is -1.93. The Morgan fingerprint density at radius 1 is 1.38 bits per heavy atom. The molecular weight excluding hydrogens is 178 g/mol. The van der Waals surface area contributed by atoms with Crippen LogP contribution in [0, 0.1) is 10.1 Å². The van der Waals surface area contributed by atoms with Crippen LogP contribution in [0.15, 0.2) is 12.1 Å². The summed E-state index contributed by atoms with van der Waals surface area (Å²) in [6.45, 7) is 0. The number of ether oxygens (including phenoxy) is 1. The maximum absolute atomic E-state index is 10.4. The van der Waals surface area contributed by atoms with Crippen LogP contribution in [0.2, 0.25) is 0 Å². The van der Waals surface area contributed by atoms with Crippen LogP contribution >= 0.6 is 0 Å². The fourth-order valence-electron chi connectivity index (χ4n) is 0.853. The molecule has 0 saturated heterocycles. The highest BCUT2D eigenvalue weighted by molar-refractivity contribution is 5.56. The Balaban J connectivity index is 3.33. The van der Waals surface area contributed by atoms with Gasteiger partial charge in [-0.15, -0.1) is 0 Å². The second-order valence-electron chi connectivity index (χ2n) is 2.27. The lowest BCUT2D eigenvalue weighted by Gasteiger charge is -2.02. The minimum atomic E-state index is -0.710. The largest absolute Gasteiger partial charge is 0.504 e. The first-order chi connectivity index (χ1) is 6.06. The molecule has 0 amide bonds. The van der Waals surface area contributed by atoms with E-state index in [-0.39, 0.29) is 5.75 Å². The van der Waals surface area contributed by atoms with Crippen LogP contribution in [0.3, 0.4) is 0 Å². The van der Waals surface area contributed by atoms with E-state index in [9.17, 15) is 10.1 Å². The Hall–Kier alpha value is -1.98. The monoisotopic (exact) mass is 185 g/mol. The third-order valence-corrected chi connectivity index (χ3v) is 1.47. The standard InChI is InChI=1S/C7H7NO5/c1-13-7-3-6(10)5(9)2-4(7)8(11)12/h2-3,9-10H,1H3. The first-order valence-electron chi connectivity index (χ1n) is 3.30. The summed E-state index contributed by atoms with van der Waals surface area (Å²) in [7, 11) is 1.23. The van der Waals surface area contributed by atoms with Crippen molar-refractivity contribution < 1.29 is 19.9 Å². The molecule has 13 heavy (non-hydrogen) atoms. The predicted molar refractivity (Wildman–Crippen MR) is 43.0 cm³/mol. The molecule has 0 spiro atoms. The molecule has 0 aliphatic heterocycles. The van der Waals surface area contributed by atoms with Gasteiger partial charge in [-0.25, -0.2) is 0 Å². The molecule has 0 unspecified atom stereocenters. The highest BCUT2D eigenvalue weighted by atomic mass is 16.6. The predicted octanol–water partition coefficient (Wildman–Crippen LogP) is 1.01. The van der Waals surface area contributed by atoms with Gasteiger partial charge in [-0.05, 0) is 0 Å². The Bertz CT molecular complexity index is 349. The number of phenols is 2. The molecule has 0 aromatic heterocycles. The van der Waals surface area contributed by atoms with Crippen molar-refractivity contribution >= 4 is 5.69 Å². The van der Waals surface area contributed by atoms with Crippen LogP contribution in [-0.2, 0) is 0 Å². The zero-order valence-corrected chi connectivity index (χ0v) is 6.72. The van der Waals surface area contributed by atoms with Crippen molar-refractivity contribution in [2.24, 2.45) is 0 Å². The molecule has 0 saturated carbocycles. The van der Waals surface area contributed by atoms with E-state index in [2.05, 4.69) is 4.74 Å². The van der Waals surface area contributed by atoms with Gasteiger partial charge >= 0.3 is 5.69 Å². The van der Waals surface area contributed by atoms with Gasteiger partial charge in [0.2, 0.25) is 5.75 Å². The zero-order chi connectivity index (χ0) is 10.0. The Morgan fingerprint density at radius 3 is 2.38 bits per heavy atom. The van der Waals surface area contributed by atoms with Gasteiger partial charge in [-0.2, -0.15) is 0 Å². The first-order valence-corrected chi connectivity index (χ1v) is 3.30. The van der Waals surface area contributed by atoms with Crippen LogP contribution < -0.4 is 4.74 Å². The summed E-state index contributed by atoms with van der Waals surface area (Å²) in [6.07, 6.45) is 0. The van der Waals surface area contributed by atoms with Gasteiger partial charge in [0.25, 0.3) is 0 Å². The molecule has 0 fully saturated rings. The molecule has 2 N–H and O–H groups in total. The average molecular weight is 185 g/mol. The summed E-state index contributed by atoms with van der Waals surface area (Å²) in [4.78, 5) is 9.67. The second-order valence-corrected chi connectivity index (χ2v) is 2.27. The minimum Gasteiger partial charge on any atom is -0.504 e. The summed E-state index contributed by atoms with van der Waals surface area (Å²) in [5, 5.41) is 28.3.